The number of hydrogen-bond donors (Lipinski definition) is 2. The van der Waals surface area contributed by atoms with Crippen molar-refractivity contribution in [2.24, 2.45) is 0 Å². The summed E-state index contributed by atoms with van der Waals surface area (Å²) in [6.45, 7) is 20.7. The van der Waals surface area contributed by atoms with Crippen molar-refractivity contribution in [2.75, 3.05) is 17.2 Å². The monoisotopic (exact) mass is 504 g/mol. The van der Waals surface area contributed by atoms with E-state index in [0.29, 0.717) is 17.9 Å². The summed E-state index contributed by atoms with van der Waals surface area (Å²) in [6, 6.07) is 9.47. The molecule has 0 saturated carbocycles. The molecule has 4 rings (SSSR count). The van der Waals surface area contributed by atoms with Gasteiger partial charge in [-0.15, -0.1) is 0 Å². The normalized spacial score (nSPS) is 20.2. The summed E-state index contributed by atoms with van der Waals surface area (Å²) in [5.74, 6) is -0.128. The maximum atomic E-state index is 13.7. The summed E-state index contributed by atoms with van der Waals surface area (Å²) >= 11 is 0. The minimum atomic E-state index is -0.503. The van der Waals surface area contributed by atoms with Crippen LogP contribution in [0.3, 0.4) is 0 Å². The van der Waals surface area contributed by atoms with E-state index in [9.17, 15) is 9.59 Å². The van der Waals surface area contributed by atoms with Crippen LogP contribution in [0.2, 0.25) is 0 Å². The average Bonchev–Trinajstić information content (AvgIpc) is 2.80. The number of carbonyl (C=O) groups is 2. The molecule has 2 N–H and O–H groups in total. The minimum Gasteiger partial charge on any atom is -0.450 e. The SMILES string of the molecule is CCOC(=O)Nc1ccc(C(=O)Nc2c3c(cc4c2C(C)(C)CCC4(C)C)C(C)(C)CCC3(C)C)cc1. The number of hydrogen-bond acceptors (Lipinski definition) is 3. The number of rotatable bonds is 4. The summed E-state index contributed by atoms with van der Waals surface area (Å²) in [6.07, 6.45) is 3.90. The highest BCUT2D eigenvalue weighted by atomic mass is 16.5. The van der Waals surface area contributed by atoms with E-state index in [4.69, 9.17) is 4.74 Å². The number of carbonyl (C=O) groups excluding carboxylic acids is 2. The van der Waals surface area contributed by atoms with Gasteiger partial charge < -0.3 is 10.1 Å². The van der Waals surface area contributed by atoms with Crippen LogP contribution >= 0.6 is 0 Å². The molecule has 2 aromatic carbocycles. The summed E-state index contributed by atoms with van der Waals surface area (Å²) < 4.78 is 4.95. The van der Waals surface area contributed by atoms with Crippen molar-refractivity contribution in [3.05, 3.63) is 58.1 Å². The number of ether oxygens (including phenoxy) is 1. The zero-order valence-electron chi connectivity index (χ0n) is 24.1. The minimum absolute atomic E-state index is 0.0391. The van der Waals surface area contributed by atoms with Crippen LogP contribution in [0.4, 0.5) is 16.2 Å². The number of fused-ring (bicyclic) bond motifs is 2. The van der Waals surface area contributed by atoms with Crippen LogP contribution in [0, 0.1) is 0 Å². The number of amides is 2. The van der Waals surface area contributed by atoms with Gasteiger partial charge >= 0.3 is 6.09 Å². The van der Waals surface area contributed by atoms with E-state index in [1.165, 1.54) is 22.3 Å². The van der Waals surface area contributed by atoms with Crippen LogP contribution in [-0.4, -0.2) is 18.6 Å². The molecule has 0 bridgehead atoms. The van der Waals surface area contributed by atoms with Gasteiger partial charge in [-0.2, -0.15) is 0 Å². The molecule has 5 nitrogen and oxygen atoms in total. The van der Waals surface area contributed by atoms with E-state index in [1.807, 2.05) is 0 Å². The van der Waals surface area contributed by atoms with E-state index < -0.39 is 6.09 Å². The first-order chi connectivity index (χ1) is 17.1. The molecular formula is C32H44N2O3. The number of anilines is 2. The van der Waals surface area contributed by atoms with Gasteiger partial charge in [0, 0.05) is 16.9 Å². The Bertz CT molecular complexity index is 1170. The molecule has 0 unspecified atom stereocenters. The fourth-order valence-electron chi connectivity index (χ4n) is 6.23. The lowest BCUT2D eigenvalue weighted by Gasteiger charge is -2.49. The Morgan fingerprint density at radius 2 is 1.19 bits per heavy atom. The zero-order valence-corrected chi connectivity index (χ0v) is 24.1. The van der Waals surface area contributed by atoms with Crippen molar-refractivity contribution in [3.8, 4) is 0 Å². The van der Waals surface area contributed by atoms with Gasteiger partial charge in [0.15, 0.2) is 0 Å². The van der Waals surface area contributed by atoms with Crippen molar-refractivity contribution in [2.45, 2.75) is 110 Å². The second kappa shape index (κ2) is 9.18. The topological polar surface area (TPSA) is 67.4 Å². The lowest BCUT2D eigenvalue weighted by molar-refractivity contribution is 0.102. The lowest BCUT2D eigenvalue weighted by atomic mass is 9.56. The maximum absolute atomic E-state index is 13.7. The fraction of sp³-hybridized carbons (Fsp3) is 0.562. The van der Waals surface area contributed by atoms with E-state index in [-0.39, 0.29) is 27.6 Å². The first-order valence-corrected chi connectivity index (χ1v) is 13.7. The molecule has 0 fully saturated rings. The predicted molar refractivity (Wildman–Crippen MR) is 152 cm³/mol. The van der Waals surface area contributed by atoms with Crippen molar-refractivity contribution in [1.82, 2.24) is 0 Å². The third-order valence-corrected chi connectivity index (χ3v) is 8.80. The number of benzene rings is 2. The van der Waals surface area contributed by atoms with Crippen molar-refractivity contribution >= 4 is 23.4 Å². The quantitative estimate of drug-likeness (QED) is 0.441. The molecule has 37 heavy (non-hydrogen) atoms. The molecule has 0 atom stereocenters. The van der Waals surface area contributed by atoms with Gasteiger partial charge in [0.05, 0.1) is 6.61 Å². The van der Waals surface area contributed by atoms with Crippen LogP contribution < -0.4 is 10.6 Å². The molecule has 0 spiro atoms. The first kappa shape index (κ1) is 27.2. The van der Waals surface area contributed by atoms with Gasteiger partial charge in [-0.05, 0) is 101 Å². The van der Waals surface area contributed by atoms with Crippen LogP contribution in [0.25, 0.3) is 0 Å². The third kappa shape index (κ3) is 5.02. The van der Waals surface area contributed by atoms with Crippen molar-refractivity contribution < 1.29 is 14.3 Å². The van der Waals surface area contributed by atoms with Crippen LogP contribution in [0.15, 0.2) is 30.3 Å². The Morgan fingerprint density at radius 3 is 1.65 bits per heavy atom. The highest BCUT2D eigenvalue weighted by molar-refractivity contribution is 6.06. The summed E-state index contributed by atoms with van der Waals surface area (Å²) in [5.41, 5.74) is 7.48. The van der Waals surface area contributed by atoms with E-state index >= 15 is 0 Å². The average molecular weight is 505 g/mol. The van der Waals surface area contributed by atoms with Gasteiger partial charge in [0.25, 0.3) is 5.91 Å². The molecule has 0 aliphatic heterocycles. The first-order valence-electron chi connectivity index (χ1n) is 13.7. The molecular weight excluding hydrogens is 460 g/mol. The van der Waals surface area contributed by atoms with Gasteiger partial charge in [-0.3, -0.25) is 10.1 Å². The van der Waals surface area contributed by atoms with Gasteiger partial charge in [0.2, 0.25) is 0 Å². The zero-order chi connectivity index (χ0) is 27.4. The molecule has 2 aliphatic rings. The predicted octanol–water partition coefficient (Wildman–Crippen LogP) is 8.21. The van der Waals surface area contributed by atoms with Crippen molar-refractivity contribution in [1.29, 1.82) is 0 Å². The number of nitrogens with one attached hydrogen (secondary N) is 2. The molecule has 2 aliphatic carbocycles. The molecule has 0 radical (unpaired) electrons. The van der Waals surface area contributed by atoms with Gasteiger partial charge in [-0.25, -0.2) is 4.79 Å². The summed E-state index contributed by atoms with van der Waals surface area (Å²) in [4.78, 5) is 25.5. The summed E-state index contributed by atoms with van der Waals surface area (Å²) in [5, 5.41) is 6.12. The van der Waals surface area contributed by atoms with Crippen LogP contribution in [-0.2, 0) is 26.4 Å². The molecule has 0 heterocycles. The second-order valence-electron chi connectivity index (χ2n) is 13.5. The van der Waals surface area contributed by atoms with Gasteiger partial charge in [-0.1, -0.05) is 61.5 Å². The Hall–Kier alpha value is -2.82. The molecule has 0 aromatic heterocycles. The Kier molecular flexibility index (Phi) is 6.75. The van der Waals surface area contributed by atoms with Gasteiger partial charge in [0.1, 0.15) is 0 Å². The fourth-order valence-corrected chi connectivity index (χ4v) is 6.23. The molecule has 2 amide bonds. The van der Waals surface area contributed by atoms with Crippen molar-refractivity contribution in [3.63, 3.8) is 0 Å². The van der Waals surface area contributed by atoms with E-state index in [2.05, 4.69) is 72.1 Å². The molecule has 2 aromatic rings. The molecule has 0 saturated heterocycles. The van der Waals surface area contributed by atoms with E-state index in [0.717, 1.165) is 31.4 Å². The second-order valence-corrected chi connectivity index (χ2v) is 13.5. The van der Waals surface area contributed by atoms with E-state index in [1.54, 1.807) is 31.2 Å². The largest absolute Gasteiger partial charge is 0.450 e. The third-order valence-electron chi connectivity index (χ3n) is 8.80. The van der Waals surface area contributed by atoms with Crippen LogP contribution in [0.5, 0.6) is 0 Å². The molecule has 200 valence electrons. The highest BCUT2D eigenvalue weighted by Gasteiger charge is 2.46. The Morgan fingerprint density at radius 1 is 0.730 bits per heavy atom. The maximum Gasteiger partial charge on any atom is 0.411 e. The van der Waals surface area contributed by atoms with Crippen LogP contribution in [0.1, 0.15) is 121 Å². The standard InChI is InChI=1S/C32H44N2O3/c1-10-37-28(36)33-21-13-11-20(12-14-21)27(35)34-26-24-22(29(2,3)15-17-31(24,6)7)19-23-25(26)32(8,9)18-16-30(23,4)5/h11-14,19H,10,15-18H2,1-9H3,(H,33,36)(H,34,35). The smallest absolute Gasteiger partial charge is 0.411 e. The Labute approximate surface area is 222 Å². The summed E-state index contributed by atoms with van der Waals surface area (Å²) in [7, 11) is 0. The lowest BCUT2D eigenvalue weighted by Crippen LogP contribution is -2.41. The Balaban J connectivity index is 1.83. The highest BCUT2D eigenvalue weighted by Crippen LogP contribution is 2.56. The molecule has 5 heteroatoms.